The smallest absolute Gasteiger partial charge is 0.855 e. The van der Waals surface area contributed by atoms with E-state index in [1.807, 2.05) is 27.7 Å². The Kier molecular flexibility index (Phi) is 295. The van der Waals surface area contributed by atoms with Crippen LogP contribution in [0, 0.1) is 0 Å². The first-order valence-electron chi connectivity index (χ1n) is 17.5. The molecular formula is C36H84O12Si3. The first-order valence-corrected chi connectivity index (χ1v) is 17.5. The summed E-state index contributed by atoms with van der Waals surface area (Å²) in [4.78, 5) is 0. The van der Waals surface area contributed by atoms with Crippen molar-refractivity contribution in [2.45, 2.75) is 187 Å². The van der Waals surface area contributed by atoms with Gasteiger partial charge in [-0.25, -0.2) is 0 Å². The fourth-order valence-electron chi connectivity index (χ4n) is 0.577. The van der Waals surface area contributed by atoms with Gasteiger partial charge in [-0.05, 0) is 0 Å². The summed E-state index contributed by atoms with van der Waals surface area (Å²) in [6.07, 6.45) is 5.79. The monoisotopic (exact) mass is 793 g/mol. The molecule has 0 aromatic heterocycles. The summed E-state index contributed by atoms with van der Waals surface area (Å²) in [6, 6.07) is 0. The van der Waals surface area contributed by atoms with Gasteiger partial charge in [0.1, 0.15) is 0 Å². The Morgan fingerprint density at radius 2 is 0.333 bits per heavy atom. The first kappa shape index (κ1) is 98.4. The van der Waals surface area contributed by atoms with Gasteiger partial charge in [-0.2, -0.15) is 0 Å². The van der Waals surface area contributed by atoms with E-state index in [9.17, 15) is 40.9 Å². The average molecular weight is 793 g/mol. The summed E-state index contributed by atoms with van der Waals surface area (Å²) in [5.74, 6) is 0. The fraction of sp³-hybridized carbons (Fsp3) is 1.00. The molecular weight excluding hydrogens is 709 g/mol. The molecule has 0 atom stereocenters. The second-order valence-electron chi connectivity index (χ2n) is 9.58. The number of unbranched alkanes of at least 4 members (excludes halogenated alkanes) is 4. The Balaban J connectivity index is -0.0000000213. The predicted octanol–water partition coefficient (Wildman–Crippen LogP) is -4.07. The van der Waals surface area contributed by atoms with Crippen LogP contribution in [0.3, 0.4) is 0 Å². The fourth-order valence-corrected chi connectivity index (χ4v) is 0.577. The molecule has 0 heterocycles. The molecule has 0 amide bonds. The van der Waals surface area contributed by atoms with Crippen molar-refractivity contribution in [1.29, 1.82) is 0 Å². The molecule has 15 heteroatoms. The van der Waals surface area contributed by atoms with E-state index in [4.69, 9.17) is 20.4 Å². The summed E-state index contributed by atoms with van der Waals surface area (Å²) in [7, 11) is 0. The van der Waals surface area contributed by atoms with Crippen LogP contribution < -0.4 is 61.3 Å². The number of hydrogen-bond donors (Lipinski definition) is 0. The normalized spacial score (nSPS) is 7.53. The van der Waals surface area contributed by atoms with Crippen LogP contribution in [0.15, 0.2) is 0 Å². The molecule has 0 aromatic carbocycles. The van der Waals surface area contributed by atoms with Crippen molar-refractivity contribution in [2.75, 3.05) is 52.9 Å². The van der Waals surface area contributed by atoms with Gasteiger partial charge in [-0.1, -0.05) is 162 Å². The van der Waals surface area contributed by atoms with E-state index >= 15 is 0 Å². The maximum atomic E-state index is 9.53. The second kappa shape index (κ2) is 153. The molecule has 0 saturated carbocycles. The van der Waals surface area contributed by atoms with Gasteiger partial charge < -0.3 is 61.3 Å². The van der Waals surface area contributed by atoms with E-state index in [0.29, 0.717) is 0 Å². The molecule has 0 N–H and O–H groups in total. The molecule has 0 fully saturated rings. The Morgan fingerprint density at radius 3 is 0.333 bits per heavy atom. The Morgan fingerprint density at radius 1 is 0.275 bits per heavy atom. The minimum Gasteiger partial charge on any atom is -0.855 e. The molecule has 12 nitrogen and oxygen atoms in total. The quantitative estimate of drug-likeness (QED) is 0.212. The van der Waals surface area contributed by atoms with Crippen molar-refractivity contribution < 1.29 is 61.3 Å². The van der Waals surface area contributed by atoms with Gasteiger partial charge in [0.25, 0.3) is 0 Å². The van der Waals surface area contributed by atoms with Crippen LogP contribution in [0.25, 0.3) is 0 Å². The summed E-state index contributed by atoms with van der Waals surface area (Å²) in [5.41, 5.74) is 0. The van der Waals surface area contributed by atoms with Crippen LogP contribution in [-0.4, -0.2) is 110 Å². The van der Waals surface area contributed by atoms with Crippen molar-refractivity contribution >= 4 is 32.9 Å². The maximum absolute atomic E-state index is 9.53. The largest absolute Gasteiger partial charge is 4.00 e. The van der Waals surface area contributed by atoms with Gasteiger partial charge >= 0.3 is 32.9 Å². The van der Waals surface area contributed by atoms with Crippen LogP contribution in [0.5, 0.6) is 0 Å². The minimum absolute atomic E-state index is 0. The molecule has 0 aliphatic rings. The van der Waals surface area contributed by atoms with Gasteiger partial charge in [-0.15, -0.1) is 77.3 Å². The molecule has 0 aliphatic carbocycles. The number of rotatable bonds is 8. The van der Waals surface area contributed by atoms with Gasteiger partial charge in [0.05, 0.1) is 0 Å². The van der Waals surface area contributed by atoms with Crippen molar-refractivity contribution in [3.8, 4) is 0 Å². The van der Waals surface area contributed by atoms with Crippen LogP contribution in [0.2, 0.25) is 0 Å². The third-order valence-corrected chi connectivity index (χ3v) is 1.99. The zero-order valence-corrected chi connectivity index (χ0v) is 39.0. The van der Waals surface area contributed by atoms with Crippen molar-refractivity contribution in [3.05, 3.63) is 0 Å². The molecule has 0 spiro atoms. The van der Waals surface area contributed by atoms with Crippen LogP contribution in [0.1, 0.15) is 162 Å². The molecule has 0 radical (unpaired) electrons. The number of hydrogen-bond acceptors (Lipinski definition) is 12. The summed E-state index contributed by atoms with van der Waals surface area (Å²) in [5, 5.41) is 112. The molecule has 0 aliphatic heterocycles. The molecule has 0 aromatic rings. The molecule has 0 rings (SSSR count). The van der Waals surface area contributed by atoms with E-state index < -0.39 is 24.4 Å². The third-order valence-electron chi connectivity index (χ3n) is 1.99. The van der Waals surface area contributed by atoms with Crippen LogP contribution in [0.4, 0.5) is 0 Å². The molecule has 0 unspecified atom stereocenters. The summed E-state index contributed by atoms with van der Waals surface area (Å²) >= 11 is 0. The zero-order valence-electron chi connectivity index (χ0n) is 36.0. The van der Waals surface area contributed by atoms with Crippen molar-refractivity contribution in [1.82, 2.24) is 0 Å². The standard InChI is InChI=1S/4C4H9O.4C3H7O.4C2H5O.3Si/c4*1-2-3-4-5;4*1-3(2)4;4*1-2-3;;;/h4*2-4H2,1H3;4*3H,1-2H3;4*2H2,1H3;;;/q12*-1;3*+4. The van der Waals surface area contributed by atoms with Gasteiger partial charge in [0.2, 0.25) is 0 Å². The molecule has 0 bridgehead atoms. The zero-order chi connectivity index (χ0) is 41.6. The van der Waals surface area contributed by atoms with E-state index in [0.717, 1.165) is 51.4 Å². The summed E-state index contributed by atoms with van der Waals surface area (Å²) < 4.78 is 0. The average Bonchev–Trinajstić information content (AvgIpc) is 2.92. The van der Waals surface area contributed by atoms with Gasteiger partial charge in [0, 0.05) is 0 Å². The predicted molar refractivity (Wildman–Crippen MR) is 199 cm³/mol. The first-order chi connectivity index (χ1) is 22.2. The van der Waals surface area contributed by atoms with E-state index in [1.165, 1.54) is 0 Å². The topological polar surface area (TPSA) is 277 Å². The van der Waals surface area contributed by atoms with E-state index in [1.54, 1.807) is 83.1 Å². The van der Waals surface area contributed by atoms with Crippen molar-refractivity contribution in [2.24, 2.45) is 0 Å². The minimum atomic E-state index is -0.417. The van der Waals surface area contributed by atoms with Crippen LogP contribution in [-0.2, 0) is 0 Å². The van der Waals surface area contributed by atoms with E-state index in [-0.39, 0.29) is 85.8 Å². The van der Waals surface area contributed by atoms with Gasteiger partial charge in [-0.3, -0.25) is 0 Å². The molecule has 312 valence electrons. The van der Waals surface area contributed by atoms with Gasteiger partial charge in [0.15, 0.2) is 0 Å². The third kappa shape index (κ3) is 1740. The second-order valence-corrected chi connectivity index (χ2v) is 9.58. The molecule has 0 saturated heterocycles. The summed E-state index contributed by atoms with van der Waals surface area (Å²) in [6.45, 7) is 27.6. The van der Waals surface area contributed by atoms with Crippen LogP contribution >= 0.6 is 0 Å². The Labute approximate surface area is 332 Å². The Bertz CT molecular complexity index is 242. The van der Waals surface area contributed by atoms with Crippen molar-refractivity contribution in [3.63, 3.8) is 0 Å². The van der Waals surface area contributed by atoms with E-state index in [2.05, 4.69) is 0 Å². The maximum Gasteiger partial charge on any atom is 4.00 e. The molecule has 51 heavy (non-hydrogen) atoms. The Hall–Kier alpha value is 0.171. The SMILES string of the molecule is CC(C)[O-].CC(C)[O-].CC(C)[O-].CC(C)[O-].CCCC[O-].CCCC[O-].CCCC[O-].CCCC[O-].CC[O-].CC[O-].CC[O-].CC[O-].[Si+4].[Si+4].[Si+4].